The number of para-hydroxylation sites is 1. The molecule has 0 bridgehead atoms. The van der Waals surface area contributed by atoms with E-state index in [4.69, 9.17) is 0 Å². The van der Waals surface area contributed by atoms with Crippen LogP contribution in [0.5, 0.6) is 0 Å². The van der Waals surface area contributed by atoms with Crippen LogP contribution < -0.4 is 15.8 Å². The molecule has 5 rings (SSSR count). The third-order valence-electron chi connectivity index (χ3n) is 6.10. The number of halogens is 2. The summed E-state index contributed by atoms with van der Waals surface area (Å²) in [4.78, 5) is 29.8. The number of hydrogen-bond donors (Lipinski definition) is 1. The molecule has 10 heteroatoms. The second-order valence-corrected chi connectivity index (χ2v) is 7.74. The number of rotatable bonds is 2. The summed E-state index contributed by atoms with van der Waals surface area (Å²) in [5, 5.41) is 7.44. The maximum Gasteiger partial charge on any atom is 0.279 e. The molecule has 8 nitrogen and oxygen atoms in total. The van der Waals surface area contributed by atoms with Gasteiger partial charge in [0.2, 0.25) is 0 Å². The first kappa shape index (κ1) is 21.3. The number of nitrogens with zero attached hydrogens (tertiary/aromatic N) is 5. The number of piperazine rings is 1. The number of fused-ring (bicyclic) bond motifs is 2. The number of anilines is 1. The zero-order chi connectivity index (χ0) is 20.8. The highest BCUT2D eigenvalue weighted by atomic mass is 35.5. The van der Waals surface area contributed by atoms with Crippen LogP contribution in [-0.4, -0.2) is 57.7 Å². The molecule has 0 aliphatic carbocycles. The van der Waals surface area contributed by atoms with E-state index in [2.05, 4.69) is 10.4 Å². The topological polar surface area (TPSA) is 74.9 Å². The number of benzene rings is 1. The fourth-order valence-electron chi connectivity index (χ4n) is 4.49. The van der Waals surface area contributed by atoms with Gasteiger partial charge in [-0.1, -0.05) is 12.1 Å². The van der Waals surface area contributed by atoms with Crippen LogP contribution in [0.25, 0.3) is 5.65 Å². The summed E-state index contributed by atoms with van der Waals surface area (Å²) in [6.45, 7) is 3.36. The fraction of sp³-hybridized carbons (Fsp3) is 0.381. The van der Waals surface area contributed by atoms with Crippen molar-refractivity contribution in [3.8, 4) is 0 Å². The summed E-state index contributed by atoms with van der Waals surface area (Å²) in [5.41, 5.74) is 3.00. The molecular formula is C21H24ClFN6O2. The Morgan fingerprint density at radius 1 is 1.16 bits per heavy atom. The molecule has 4 heterocycles. The van der Waals surface area contributed by atoms with Gasteiger partial charge >= 0.3 is 0 Å². The van der Waals surface area contributed by atoms with Crippen LogP contribution in [0.4, 0.5) is 10.1 Å². The summed E-state index contributed by atoms with van der Waals surface area (Å²) in [7, 11) is 1.88. The van der Waals surface area contributed by atoms with Crippen molar-refractivity contribution in [1.82, 2.24) is 24.4 Å². The average molecular weight is 447 g/mol. The molecule has 1 N–H and O–H groups in total. The molecule has 0 spiro atoms. The predicted molar refractivity (Wildman–Crippen MR) is 118 cm³/mol. The molecule has 2 aliphatic heterocycles. The third kappa shape index (κ3) is 3.47. The van der Waals surface area contributed by atoms with Gasteiger partial charge in [-0.15, -0.1) is 12.4 Å². The predicted octanol–water partition coefficient (Wildman–Crippen LogP) is 1.20. The molecule has 31 heavy (non-hydrogen) atoms. The first-order valence-corrected chi connectivity index (χ1v) is 10.1. The van der Waals surface area contributed by atoms with E-state index in [9.17, 15) is 14.0 Å². The highest BCUT2D eigenvalue weighted by Gasteiger charge is 2.28. The van der Waals surface area contributed by atoms with Gasteiger partial charge in [0.1, 0.15) is 11.4 Å². The maximum absolute atomic E-state index is 14.1. The Morgan fingerprint density at radius 3 is 2.65 bits per heavy atom. The van der Waals surface area contributed by atoms with E-state index < -0.39 is 0 Å². The lowest BCUT2D eigenvalue weighted by atomic mass is 10.1. The molecule has 0 saturated carbocycles. The van der Waals surface area contributed by atoms with Gasteiger partial charge in [-0.3, -0.25) is 9.59 Å². The van der Waals surface area contributed by atoms with Crippen molar-refractivity contribution in [3.05, 3.63) is 63.5 Å². The second-order valence-electron chi connectivity index (χ2n) is 7.74. The van der Waals surface area contributed by atoms with Crippen LogP contribution in [0, 0.1) is 5.82 Å². The Labute approximate surface area is 184 Å². The number of nitrogens with one attached hydrogen (secondary N) is 1. The van der Waals surface area contributed by atoms with E-state index in [0.29, 0.717) is 55.2 Å². The van der Waals surface area contributed by atoms with Crippen LogP contribution >= 0.6 is 12.4 Å². The van der Waals surface area contributed by atoms with Crippen molar-refractivity contribution in [1.29, 1.82) is 0 Å². The smallest absolute Gasteiger partial charge is 0.279 e. The lowest BCUT2D eigenvalue weighted by Crippen LogP contribution is -2.49. The third-order valence-corrected chi connectivity index (χ3v) is 6.10. The molecule has 164 valence electrons. The van der Waals surface area contributed by atoms with Gasteiger partial charge in [0, 0.05) is 58.4 Å². The fourth-order valence-corrected chi connectivity index (χ4v) is 4.49. The molecule has 1 fully saturated rings. The number of amides is 1. The summed E-state index contributed by atoms with van der Waals surface area (Å²) in [6, 6.07) is 6.68. The van der Waals surface area contributed by atoms with Crippen LogP contribution in [0.2, 0.25) is 0 Å². The first-order valence-electron chi connectivity index (χ1n) is 10.1. The molecule has 0 radical (unpaired) electrons. The minimum atomic E-state index is -0.255. The summed E-state index contributed by atoms with van der Waals surface area (Å²) >= 11 is 0. The lowest BCUT2D eigenvalue weighted by molar-refractivity contribution is 0.0748. The largest absolute Gasteiger partial charge is 0.366 e. The summed E-state index contributed by atoms with van der Waals surface area (Å²) in [6.07, 6.45) is 2.22. The average Bonchev–Trinajstić information content (AvgIpc) is 3.23. The Hall–Kier alpha value is -2.91. The molecular weight excluding hydrogens is 423 g/mol. The zero-order valence-electron chi connectivity index (χ0n) is 17.2. The van der Waals surface area contributed by atoms with Crippen LogP contribution in [0.1, 0.15) is 21.6 Å². The lowest BCUT2D eigenvalue weighted by Gasteiger charge is -2.36. The minimum absolute atomic E-state index is 0. The normalized spacial score (nSPS) is 16.2. The summed E-state index contributed by atoms with van der Waals surface area (Å²) in [5.74, 6) is -0.406. The molecule has 0 atom stereocenters. The van der Waals surface area contributed by atoms with E-state index in [1.807, 2.05) is 22.6 Å². The van der Waals surface area contributed by atoms with Gasteiger partial charge < -0.3 is 19.7 Å². The van der Waals surface area contributed by atoms with Crippen molar-refractivity contribution in [2.45, 2.75) is 13.0 Å². The van der Waals surface area contributed by atoms with Crippen molar-refractivity contribution >= 4 is 29.6 Å². The van der Waals surface area contributed by atoms with E-state index in [0.717, 1.165) is 18.7 Å². The standard InChI is InChI=1S/C21H23FN6O2.ClH/c1-25-17-6-7-23-12-14(17)21(30)28-19(25)15(13-24-28)20(29)27-10-8-26(9-11-27)18-5-3-2-4-16(18)22;/h2-5,13,23H,6-12H2,1H3;1H. The monoisotopic (exact) mass is 446 g/mol. The molecule has 2 aliphatic rings. The van der Waals surface area contributed by atoms with Gasteiger partial charge in [0.05, 0.1) is 17.4 Å². The van der Waals surface area contributed by atoms with E-state index in [1.54, 1.807) is 17.0 Å². The van der Waals surface area contributed by atoms with Crippen molar-refractivity contribution < 1.29 is 9.18 Å². The number of carbonyl (C=O) groups excluding carboxylic acids is 1. The second kappa shape index (κ2) is 8.32. The van der Waals surface area contributed by atoms with E-state index >= 15 is 0 Å². The van der Waals surface area contributed by atoms with Crippen molar-refractivity contribution in [2.75, 3.05) is 37.6 Å². The first-order chi connectivity index (χ1) is 14.6. The number of hydrogen-bond acceptors (Lipinski definition) is 5. The van der Waals surface area contributed by atoms with Gasteiger partial charge in [-0.05, 0) is 12.1 Å². The highest BCUT2D eigenvalue weighted by Crippen LogP contribution is 2.22. The van der Waals surface area contributed by atoms with Crippen LogP contribution in [0.15, 0.2) is 35.3 Å². The number of aryl methyl sites for hydroxylation is 1. The maximum atomic E-state index is 14.1. The van der Waals surface area contributed by atoms with Gasteiger partial charge in [0.15, 0.2) is 5.65 Å². The molecule has 1 saturated heterocycles. The number of aromatic nitrogens is 3. The Balaban J connectivity index is 0.00000231. The molecule has 1 amide bonds. The van der Waals surface area contributed by atoms with Crippen molar-refractivity contribution in [3.63, 3.8) is 0 Å². The zero-order valence-corrected chi connectivity index (χ0v) is 18.0. The van der Waals surface area contributed by atoms with Crippen LogP contribution in [0.3, 0.4) is 0 Å². The summed E-state index contributed by atoms with van der Waals surface area (Å²) < 4.78 is 17.3. The van der Waals surface area contributed by atoms with Gasteiger partial charge in [-0.25, -0.2) is 4.39 Å². The number of carbonyl (C=O) groups is 1. The van der Waals surface area contributed by atoms with E-state index in [-0.39, 0.29) is 29.7 Å². The quantitative estimate of drug-likeness (QED) is 0.640. The Bertz CT molecular complexity index is 1200. The highest BCUT2D eigenvalue weighted by molar-refractivity contribution is 6.00. The van der Waals surface area contributed by atoms with Crippen molar-refractivity contribution in [2.24, 2.45) is 7.05 Å². The molecule has 2 aromatic heterocycles. The SMILES string of the molecule is Cl.Cn1c2c(c(=O)n3ncc(C(=O)N4CCN(c5ccccc5F)CC4)c13)CNCC2. The molecule has 3 aromatic rings. The van der Waals surface area contributed by atoms with Gasteiger partial charge in [-0.2, -0.15) is 9.61 Å². The molecule has 0 unspecified atom stereocenters. The Morgan fingerprint density at radius 2 is 1.90 bits per heavy atom. The Kier molecular flexibility index (Phi) is 5.72. The van der Waals surface area contributed by atoms with E-state index in [1.165, 1.54) is 16.8 Å². The van der Waals surface area contributed by atoms with Gasteiger partial charge in [0.25, 0.3) is 11.5 Å². The van der Waals surface area contributed by atoms with Crippen LogP contribution in [-0.2, 0) is 20.0 Å². The minimum Gasteiger partial charge on any atom is -0.366 e. The molecule has 1 aromatic carbocycles.